The van der Waals surface area contributed by atoms with Gasteiger partial charge in [-0.3, -0.25) is 4.79 Å². The van der Waals surface area contributed by atoms with Gasteiger partial charge in [0.25, 0.3) is 5.91 Å². The third kappa shape index (κ3) is 2.49. The van der Waals surface area contributed by atoms with Crippen LogP contribution < -0.4 is 5.32 Å². The van der Waals surface area contributed by atoms with Gasteiger partial charge in [-0.2, -0.15) is 0 Å². The van der Waals surface area contributed by atoms with Crippen LogP contribution in [0.5, 0.6) is 0 Å². The minimum Gasteiger partial charge on any atom is -0.451 e. The summed E-state index contributed by atoms with van der Waals surface area (Å²) in [4.78, 5) is 12.1. The Balaban J connectivity index is 1.76. The van der Waals surface area contributed by atoms with Crippen molar-refractivity contribution in [1.29, 1.82) is 0 Å². The number of carbonyl (C=O) groups is 1. The van der Waals surface area contributed by atoms with Crippen molar-refractivity contribution in [2.45, 2.75) is 37.8 Å². The summed E-state index contributed by atoms with van der Waals surface area (Å²) in [5, 5.41) is 13.6. The molecule has 1 amide bonds. The van der Waals surface area contributed by atoms with Crippen LogP contribution in [0.1, 0.15) is 36.2 Å². The molecule has 0 bridgehead atoms. The zero-order chi connectivity index (χ0) is 13.2. The number of nitrogens with one attached hydrogen (secondary N) is 1. The molecule has 0 saturated heterocycles. The maximum absolute atomic E-state index is 12.1. The molecule has 1 saturated carbocycles. The van der Waals surface area contributed by atoms with Crippen LogP contribution in [0.15, 0.2) is 34.7 Å². The lowest BCUT2D eigenvalue weighted by Crippen LogP contribution is -2.44. The van der Waals surface area contributed by atoms with E-state index >= 15 is 0 Å². The fraction of sp³-hybridized carbons (Fsp3) is 0.400. The molecular formula is C15H17NO3. The minimum absolute atomic E-state index is 0.158. The highest BCUT2D eigenvalue weighted by Gasteiger charge is 2.25. The van der Waals surface area contributed by atoms with Crippen molar-refractivity contribution < 1.29 is 14.3 Å². The number of aliphatic hydroxyl groups excluding tert-OH is 1. The number of rotatable bonds is 2. The van der Waals surface area contributed by atoms with Crippen LogP contribution >= 0.6 is 0 Å². The van der Waals surface area contributed by atoms with E-state index in [0.29, 0.717) is 11.3 Å². The summed E-state index contributed by atoms with van der Waals surface area (Å²) < 4.78 is 5.51. The van der Waals surface area contributed by atoms with Crippen molar-refractivity contribution in [3.63, 3.8) is 0 Å². The molecule has 1 aromatic heterocycles. The average Bonchev–Trinajstić information content (AvgIpc) is 2.85. The third-order valence-electron chi connectivity index (χ3n) is 3.70. The summed E-state index contributed by atoms with van der Waals surface area (Å²) in [5.41, 5.74) is 0.705. The van der Waals surface area contributed by atoms with Crippen LogP contribution in [0.4, 0.5) is 0 Å². The number of para-hydroxylation sites is 1. The smallest absolute Gasteiger partial charge is 0.287 e. The summed E-state index contributed by atoms with van der Waals surface area (Å²) >= 11 is 0. The first-order valence-corrected chi connectivity index (χ1v) is 6.71. The Bertz CT molecular complexity index is 557. The molecule has 1 aromatic carbocycles. The van der Waals surface area contributed by atoms with Crippen LogP contribution in [-0.2, 0) is 0 Å². The van der Waals surface area contributed by atoms with Gasteiger partial charge in [-0.25, -0.2) is 0 Å². The molecule has 0 spiro atoms. The molecular weight excluding hydrogens is 242 g/mol. The third-order valence-corrected chi connectivity index (χ3v) is 3.70. The highest BCUT2D eigenvalue weighted by atomic mass is 16.3. The quantitative estimate of drug-likeness (QED) is 0.870. The summed E-state index contributed by atoms with van der Waals surface area (Å²) in [6, 6.07) is 9.10. The topological polar surface area (TPSA) is 62.5 Å². The fourth-order valence-corrected chi connectivity index (χ4v) is 2.61. The van der Waals surface area contributed by atoms with Crippen molar-refractivity contribution in [3.05, 3.63) is 36.1 Å². The molecule has 1 aliphatic rings. The molecule has 2 atom stereocenters. The van der Waals surface area contributed by atoms with Gasteiger partial charge in [0, 0.05) is 5.39 Å². The summed E-state index contributed by atoms with van der Waals surface area (Å²) in [7, 11) is 0. The number of fused-ring (bicyclic) bond motifs is 1. The van der Waals surface area contributed by atoms with Gasteiger partial charge in [0.1, 0.15) is 5.58 Å². The van der Waals surface area contributed by atoms with E-state index in [1.54, 1.807) is 6.07 Å². The molecule has 0 unspecified atom stereocenters. The number of aliphatic hydroxyl groups is 1. The Morgan fingerprint density at radius 1 is 1.26 bits per heavy atom. The molecule has 3 rings (SSSR count). The highest BCUT2D eigenvalue weighted by Crippen LogP contribution is 2.21. The van der Waals surface area contributed by atoms with Gasteiger partial charge >= 0.3 is 0 Å². The predicted molar refractivity (Wildman–Crippen MR) is 71.9 cm³/mol. The van der Waals surface area contributed by atoms with Crippen molar-refractivity contribution in [3.8, 4) is 0 Å². The Morgan fingerprint density at radius 2 is 2.05 bits per heavy atom. The van der Waals surface area contributed by atoms with Gasteiger partial charge in [-0.15, -0.1) is 0 Å². The van der Waals surface area contributed by atoms with Crippen molar-refractivity contribution in [1.82, 2.24) is 5.32 Å². The minimum atomic E-state index is -0.443. The van der Waals surface area contributed by atoms with Crippen LogP contribution in [0.25, 0.3) is 11.0 Å². The lowest BCUT2D eigenvalue weighted by atomic mass is 9.92. The molecule has 0 aliphatic heterocycles. The van der Waals surface area contributed by atoms with Gasteiger partial charge in [0.2, 0.25) is 0 Å². The standard InChI is InChI=1S/C15H17NO3/c17-12-7-3-2-6-11(12)16-15(18)14-9-10-5-1-4-8-13(10)19-14/h1,4-5,8-9,11-12,17H,2-3,6-7H2,(H,16,18)/t11-,12-/m1/s1. The number of amides is 1. The normalized spacial score (nSPS) is 23.4. The maximum atomic E-state index is 12.1. The number of hydrogen-bond donors (Lipinski definition) is 2. The summed E-state index contributed by atoms with van der Waals surface area (Å²) in [5.74, 6) is 0.0566. The molecule has 19 heavy (non-hydrogen) atoms. The monoisotopic (exact) mass is 259 g/mol. The SMILES string of the molecule is O=C(N[C@@H]1CCCC[C@H]1O)c1cc2ccccc2o1. The van der Waals surface area contributed by atoms with Gasteiger partial charge < -0.3 is 14.8 Å². The molecule has 1 aliphatic carbocycles. The van der Waals surface area contributed by atoms with E-state index in [1.807, 2.05) is 24.3 Å². The number of benzene rings is 1. The second kappa shape index (κ2) is 5.05. The van der Waals surface area contributed by atoms with Gasteiger partial charge in [-0.05, 0) is 25.0 Å². The Kier molecular flexibility index (Phi) is 3.25. The van der Waals surface area contributed by atoms with E-state index in [1.165, 1.54) is 0 Å². The lowest BCUT2D eigenvalue weighted by Gasteiger charge is -2.27. The van der Waals surface area contributed by atoms with Gasteiger partial charge in [-0.1, -0.05) is 31.0 Å². The molecule has 2 aromatic rings. The lowest BCUT2D eigenvalue weighted by molar-refractivity contribution is 0.0699. The van der Waals surface area contributed by atoms with E-state index in [2.05, 4.69) is 5.32 Å². The average molecular weight is 259 g/mol. The summed E-state index contributed by atoms with van der Waals surface area (Å²) in [6.45, 7) is 0. The molecule has 0 radical (unpaired) electrons. The predicted octanol–water partition coefficient (Wildman–Crippen LogP) is 2.47. The van der Waals surface area contributed by atoms with E-state index in [9.17, 15) is 9.90 Å². The zero-order valence-corrected chi connectivity index (χ0v) is 10.6. The zero-order valence-electron chi connectivity index (χ0n) is 10.6. The molecule has 4 heteroatoms. The molecule has 2 N–H and O–H groups in total. The number of furan rings is 1. The van der Waals surface area contributed by atoms with E-state index in [4.69, 9.17) is 4.42 Å². The second-order valence-electron chi connectivity index (χ2n) is 5.08. The first-order valence-electron chi connectivity index (χ1n) is 6.71. The Hall–Kier alpha value is -1.81. The first-order chi connectivity index (χ1) is 9.24. The van der Waals surface area contributed by atoms with Gasteiger partial charge in [0.05, 0.1) is 12.1 Å². The van der Waals surface area contributed by atoms with E-state index in [-0.39, 0.29) is 11.9 Å². The second-order valence-corrected chi connectivity index (χ2v) is 5.08. The van der Waals surface area contributed by atoms with Gasteiger partial charge in [0.15, 0.2) is 5.76 Å². The molecule has 4 nitrogen and oxygen atoms in total. The van der Waals surface area contributed by atoms with E-state index < -0.39 is 6.10 Å². The maximum Gasteiger partial charge on any atom is 0.287 e. The first kappa shape index (κ1) is 12.2. The molecule has 1 fully saturated rings. The van der Waals surface area contributed by atoms with Crippen LogP contribution in [0.3, 0.4) is 0 Å². The summed E-state index contributed by atoms with van der Waals surface area (Å²) in [6.07, 6.45) is 3.21. The van der Waals surface area contributed by atoms with Crippen molar-refractivity contribution >= 4 is 16.9 Å². The van der Waals surface area contributed by atoms with Crippen molar-refractivity contribution in [2.24, 2.45) is 0 Å². The fourth-order valence-electron chi connectivity index (χ4n) is 2.61. The largest absolute Gasteiger partial charge is 0.451 e. The van der Waals surface area contributed by atoms with Crippen LogP contribution in [-0.4, -0.2) is 23.2 Å². The van der Waals surface area contributed by atoms with Crippen LogP contribution in [0.2, 0.25) is 0 Å². The number of hydrogen-bond acceptors (Lipinski definition) is 3. The number of carbonyl (C=O) groups excluding carboxylic acids is 1. The Labute approximate surface area is 111 Å². The van der Waals surface area contributed by atoms with Crippen LogP contribution in [0, 0.1) is 0 Å². The molecule has 1 heterocycles. The Morgan fingerprint density at radius 3 is 2.84 bits per heavy atom. The van der Waals surface area contributed by atoms with Crippen molar-refractivity contribution in [2.75, 3.05) is 0 Å². The van der Waals surface area contributed by atoms with E-state index in [0.717, 1.165) is 31.1 Å². The molecule has 100 valence electrons. The highest BCUT2D eigenvalue weighted by molar-refractivity contribution is 5.96.